The monoisotopic (exact) mass is 527 g/mol. The van der Waals surface area contributed by atoms with Crippen molar-refractivity contribution in [3.8, 4) is 11.8 Å². The van der Waals surface area contributed by atoms with Crippen LogP contribution in [0.25, 0.3) is 0 Å². The summed E-state index contributed by atoms with van der Waals surface area (Å²) in [5, 5.41) is 9.60. The SMILES string of the molecule is COc1ccc(S(=O)(=O)N2Cc3cc(C#N)ccc3N(Cc3cncn3C)C[C@H]2Cc2ccccc2)cc1. The van der Waals surface area contributed by atoms with Gasteiger partial charge in [0.25, 0.3) is 0 Å². The van der Waals surface area contributed by atoms with Crippen molar-refractivity contribution in [3.63, 3.8) is 0 Å². The number of sulfonamides is 1. The van der Waals surface area contributed by atoms with Crippen LogP contribution in [0.2, 0.25) is 0 Å². The number of methoxy groups -OCH3 is 1. The molecule has 1 aliphatic heterocycles. The van der Waals surface area contributed by atoms with Gasteiger partial charge in [-0.1, -0.05) is 30.3 Å². The standard InChI is InChI=1S/C29H29N5O3S/c1-32-21-31-17-26(32)20-33-19-25(15-22-6-4-3-5-7-22)34(18-24-14-23(16-30)8-13-29(24)33)38(35,36)28-11-9-27(37-2)10-12-28/h3-14,17,21,25H,15,18-20H2,1-2H3/t25-/m1/s1. The Morgan fingerprint density at radius 1 is 1.08 bits per heavy atom. The number of hydrogen-bond donors (Lipinski definition) is 0. The number of fused-ring (bicyclic) bond motifs is 1. The molecule has 0 N–H and O–H groups in total. The number of ether oxygens (including phenoxy) is 1. The molecule has 5 rings (SSSR count). The van der Waals surface area contributed by atoms with Crippen LogP contribution < -0.4 is 9.64 Å². The van der Waals surface area contributed by atoms with Crippen molar-refractivity contribution in [1.82, 2.24) is 13.9 Å². The predicted molar refractivity (Wildman–Crippen MR) is 145 cm³/mol. The van der Waals surface area contributed by atoms with Gasteiger partial charge in [-0.25, -0.2) is 13.4 Å². The zero-order chi connectivity index (χ0) is 26.7. The lowest BCUT2D eigenvalue weighted by atomic mass is 10.1. The van der Waals surface area contributed by atoms with Crippen molar-refractivity contribution in [2.45, 2.75) is 30.4 Å². The summed E-state index contributed by atoms with van der Waals surface area (Å²) >= 11 is 0. The second-order valence-corrected chi connectivity index (χ2v) is 11.3. The van der Waals surface area contributed by atoms with Gasteiger partial charge in [0.15, 0.2) is 0 Å². The molecule has 3 aromatic carbocycles. The fraction of sp³-hybridized carbons (Fsp3) is 0.241. The van der Waals surface area contributed by atoms with Gasteiger partial charge in [-0.05, 0) is 60.0 Å². The van der Waals surface area contributed by atoms with E-state index in [1.807, 2.05) is 54.2 Å². The number of aromatic nitrogens is 2. The lowest BCUT2D eigenvalue weighted by Gasteiger charge is -2.32. The smallest absolute Gasteiger partial charge is 0.243 e. The minimum atomic E-state index is -3.88. The summed E-state index contributed by atoms with van der Waals surface area (Å²) in [4.78, 5) is 6.67. The van der Waals surface area contributed by atoms with Gasteiger partial charge < -0.3 is 14.2 Å². The molecular formula is C29H29N5O3S. The average Bonchev–Trinajstić information content (AvgIpc) is 3.27. The molecule has 38 heavy (non-hydrogen) atoms. The molecule has 9 heteroatoms. The number of nitrogens with zero attached hydrogens (tertiary/aromatic N) is 5. The molecule has 4 aromatic rings. The molecule has 0 saturated carbocycles. The maximum Gasteiger partial charge on any atom is 0.243 e. The van der Waals surface area contributed by atoms with Crippen LogP contribution in [0.1, 0.15) is 22.4 Å². The Kier molecular flexibility index (Phi) is 7.18. The van der Waals surface area contributed by atoms with Crippen LogP contribution in [0.5, 0.6) is 5.75 Å². The topological polar surface area (TPSA) is 91.5 Å². The van der Waals surface area contributed by atoms with Crippen LogP contribution in [0.15, 0.2) is 90.2 Å². The lowest BCUT2D eigenvalue weighted by Crippen LogP contribution is -2.45. The summed E-state index contributed by atoms with van der Waals surface area (Å²) < 4.78 is 37.1. The highest BCUT2D eigenvalue weighted by molar-refractivity contribution is 7.89. The summed E-state index contributed by atoms with van der Waals surface area (Å²) in [6.07, 6.45) is 4.12. The van der Waals surface area contributed by atoms with Crippen molar-refractivity contribution < 1.29 is 13.2 Å². The molecule has 2 heterocycles. The highest BCUT2D eigenvalue weighted by atomic mass is 32.2. The van der Waals surface area contributed by atoms with Gasteiger partial charge in [0.05, 0.1) is 42.2 Å². The van der Waals surface area contributed by atoms with E-state index in [-0.39, 0.29) is 17.5 Å². The van der Waals surface area contributed by atoms with Crippen LogP contribution in [0, 0.1) is 11.3 Å². The Labute approximate surface area is 223 Å². The summed E-state index contributed by atoms with van der Waals surface area (Å²) in [6, 6.07) is 23.8. The van der Waals surface area contributed by atoms with Gasteiger partial charge >= 0.3 is 0 Å². The fourth-order valence-electron chi connectivity index (χ4n) is 4.93. The third kappa shape index (κ3) is 5.14. The minimum Gasteiger partial charge on any atom is -0.497 e. The quantitative estimate of drug-likeness (QED) is 0.359. The maximum absolute atomic E-state index is 14.2. The molecule has 1 aromatic heterocycles. The average molecular weight is 528 g/mol. The third-order valence-corrected chi connectivity index (χ3v) is 8.88. The maximum atomic E-state index is 14.2. The molecule has 0 aliphatic carbocycles. The number of hydrogen-bond acceptors (Lipinski definition) is 6. The Morgan fingerprint density at radius 3 is 2.50 bits per heavy atom. The van der Waals surface area contributed by atoms with Gasteiger partial charge in [0.2, 0.25) is 10.0 Å². The molecule has 0 fully saturated rings. The lowest BCUT2D eigenvalue weighted by molar-refractivity contribution is 0.317. The Morgan fingerprint density at radius 2 is 1.84 bits per heavy atom. The zero-order valence-electron chi connectivity index (χ0n) is 21.4. The first-order valence-electron chi connectivity index (χ1n) is 12.3. The fourth-order valence-corrected chi connectivity index (χ4v) is 6.52. The summed E-state index contributed by atoms with van der Waals surface area (Å²) in [6.45, 7) is 1.17. The summed E-state index contributed by atoms with van der Waals surface area (Å²) in [5.74, 6) is 0.590. The zero-order valence-corrected chi connectivity index (χ0v) is 22.2. The highest BCUT2D eigenvalue weighted by Crippen LogP contribution is 2.34. The Balaban J connectivity index is 1.62. The van der Waals surface area contributed by atoms with Gasteiger partial charge in [0, 0.05) is 38.1 Å². The number of nitriles is 1. The van der Waals surface area contributed by atoms with Crippen molar-refractivity contribution in [2.24, 2.45) is 7.05 Å². The van der Waals surface area contributed by atoms with Crippen LogP contribution in [-0.2, 0) is 36.6 Å². The van der Waals surface area contributed by atoms with Gasteiger partial charge in [-0.2, -0.15) is 9.57 Å². The van der Waals surface area contributed by atoms with E-state index in [9.17, 15) is 13.7 Å². The molecule has 1 aliphatic rings. The molecule has 0 bridgehead atoms. The number of imidazole rings is 1. The van der Waals surface area contributed by atoms with E-state index in [1.54, 1.807) is 54.1 Å². The van der Waals surface area contributed by atoms with Crippen LogP contribution in [0.3, 0.4) is 0 Å². The molecule has 8 nitrogen and oxygen atoms in total. The van der Waals surface area contributed by atoms with Crippen molar-refractivity contribution >= 4 is 15.7 Å². The van der Waals surface area contributed by atoms with Crippen molar-refractivity contribution in [2.75, 3.05) is 18.6 Å². The number of anilines is 1. The first kappa shape index (κ1) is 25.5. The van der Waals surface area contributed by atoms with E-state index in [2.05, 4.69) is 16.0 Å². The minimum absolute atomic E-state index is 0.151. The molecule has 194 valence electrons. The summed E-state index contributed by atoms with van der Waals surface area (Å²) in [7, 11) is -0.388. The van der Waals surface area contributed by atoms with Crippen molar-refractivity contribution in [3.05, 3.63) is 108 Å². The van der Waals surface area contributed by atoms with E-state index < -0.39 is 10.0 Å². The van der Waals surface area contributed by atoms with E-state index in [4.69, 9.17) is 4.74 Å². The van der Waals surface area contributed by atoms with Gasteiger partial charge in [0.1, 0.15) is 5.75 Å². The molecule has 0 amide bonds. The molecule has 0 unspecified atom stereocenters. The number of benzene rings is 3. The van der Waals surface area contributed by atoms with E-state index in [0.29, 0.717) is 30.8 Å². The summed E-state index contributed by atoms with van der Waals surface area (Å²) in [5.41, 5.74) is 4.25. The highest BCUT2D eigenvalue weighted by Gasteiger charge is 2.36. The van der Waals surface area contributed by atoms with Crippen LogP contribution in [-0.4, -0.2) is 42.0 Å². The second-order valence-electron chi connectivity index (χ2n) is 9.40. The molecule has 0 radical (unpaired) electrons. The predicted octanol–water partition coefficient (Wildman–Crippen LogP) is 4.12. The number of aryl methyl sites for hydroxylation is 1. The van der Waals surface area contributed by atoms with Crippen LogP contribution in [0.4, 0.5) is 5.69 Å². The van der Waals surface area contributed by atoms with E-state index in [1.165, 1.54) is 0 Å². The van der Waals surface area contributed by atoms with Crippen molar-refractivity contribution in [1.29, 1.82) is 5.26 Å². The Hall–Kier alpha value is -4.13. The number of rotatable bonds is 7. The molecule has 0 saturated heterocycles. The second kappa shape index (κ2) is 10.7. The first-order chi connectivity index (χ1) is 18.4. The molecule has 1 atom stereocenters. The van der Waals surface area contributed by atoms with Crippen LogP contribution >= 0.6 is 0 Å². The van der Waals surface area contributed by atoms with E-state index >= 15 is 0 Å². The van der Waals surface area contributed by atoms with E-state index in [0.717, 1.165) is 22.5 Å². The van der Waals surface area contributed by atoms with Gasteiger partial charge in [-0.3, -0.25) is 0 Å². The molecule has 0 spiro atoms. The Bertz CT molecular complexity index is 1560. The largest absolute Gasteiger partial charge is 0.497 e. The first-order valence-corrected chi connectivity index (χ1v) is 13.8. The molecular weight excluding hydrogens is 498 g/mol. The normalized spacial score (nSPS) is 15.9. The third-order valence-electron chi connectivity index (χ3n) is 6.96. The van der Waals surface area contributed by atoms with Gasteiger partial charge in [-0.15, -0.1) is 0 Å².